The highest BCUT2D eigenvalue weighted by molar-refractivity contribution is 5.67. The van der Waals surface area contributed by atoms with Crippen LogP contribution in [0.1, 0.15) is 49.4 Å². The zero-order valence-electron chi connectivity index (χ0n) is 11.0. The molecule has 1 N–H and O–H groups in total. The second-order valence-corrected chi connectivity index (χ2v) is 4.85. The molecule has 0 saturated heterocycles. The van der Waals surface area contributed by atoms with Gasteiger partial charge in [-0.2, -0.15) is 5.10 Å². The number of hydrogen-bond acceptors (Lipinski definition) is 3. The van der Waals surface area contributed by atoms with E-state index in [-0.39, 0.29) is 6.42 Å². The number of hydrogen-bond donors (Lipinski definition) is 1. The molecule has 100 valence electrons. The fourth-order valence-corrected chi connectivity index (χ4v) is 2.69. The second-order valence-electron chi connectivity index (χ2n) is 4.85. The highest BCUT2D eigenvalue weighted by atomic mass is 16.5. The molecule has 0 aliphatic heterocycles. The molecule has 18 heavy (non-hydrogen) atoms. The summed E-state index contributed by atoms with van der Waals surface area (Å²) in [7, 11) is 1.63. The minimum Gasteiger partial charge on any atom is -0.481 e. The van der Waals surface area contributed by atoms with Gasteiger partial charge >= 0.3 is 5.97 Å². The Labute approximate surface area is 107 Å². The lowest BCUT2D eigenvalue weighted by Gasteiger charge is -2.13. The van der Waals surface area contributed by atoms with Crippen molar-refractivity contribution in [2.45, 2.75) is 51.5 Å². The summed E-state index contributed by atoms with van der Waals surface area (Å²) >= 11 is 0. The van der Waals surface area contributed by atoms with E-state index >= 15 is 0 Å². The normalized spacial score (nSPS) is 16.1. The Morgan fingerprint density at radius 1 is 1.50 bits per heavy atom. The molecule has 0 atom stereocenters. The third-order valence-electron chi connectivity index (χ3n) is 3.61. The number of carboxylic acid groups (broad SMARTS) is 1. The van der Waals surface area contributed by atoms with Crippen LogP contribution in [0.5, 0.6) is 5.88 Å². The molecule has 1 aliphatic carbocycles. The van der Waals surface area contributed by atoms with E-state index < -0.39 is 5.97 Å². The predicted octanol–water partition coefficient (Wildman–Crippen LogP) is 2.33. The number of rotatable bonds is 5. The Balaban J connectivity index is 2.25. The van der Waals surface area contributed by atoms with Crippen molar-refractivity contribution in [1.82, 2.24) is 9.78 Å². The van der Waals surface area contributed by atoms with Crippen LogP contribution in [0.3, 0.4) is 0 Å². The number of aliphatic carboxylic acids is 1. The quantitative estimate of drug-likeness (QED) is 0.873. The number of methoxy groups -OCH3 is 1. The predicted molar refractivity (Wildman–Crippen MR) is 67.0 cm³/mol. The van der Waals surface area contributed by atoms with E-state index in [1.807, 2.05) is 11.6 Å². The zero-order chi connectivity index (χ0) is 13.1. The van der Waals surface area contributed by atoms with Crippen LogP contribution in [0.4, 0.5) is 0 Å². The number of carboxylic acids is 1. The van der Waals surface area contributed by atoms with Gasteiger partial charge in [-0.15, -0.1) is 0 Å². The van der Waals surface area contributed by atoms with E-state index in [0.717, 1.165) is 30.0 Å². The summed E-state index contributed by atoms with van der Waals surface area (Å²) < 4.78 is 7.41. The first-order chi connectivity index (χ1) is 8.63. The molecule has 2 rings (SSSR count). The molecule has 0 spiro atoms. The van der Waals surface area contributed by atoms with Crippen molar-refractivity contribution < 1.29 is 14.6 Å². The van der Waals surface area contributed by atoms with Crippen molar-refractivity contribution in [2.75, 3.05) is 7.11 Å². The lowest BCUT2D eigenvalue weighted by atomic mass is 10.1. The van der Waals surface area contributed by atoms with Crippen LogP contribution < -0.4 is 4.74 Å². The van der Waals surface area contributed by atoms with Crippen molar-refractivity contribution in [2.24, 2.45) is 0 Å². The topological polar surface area (TPSA) is 64.3 Å². The van der Waals surface area contributed by atoms with Gasteiger partial charge in [0.15, 0.2) is 0 Å². The first kappa shape index (κ1) is 12.9. The molecule has 0 unspecified atom stereocenters. The number of ether oxygens (including phenoxy) is 1. The molecule has 0 aromatic carbocycles. The van der Waals surface area contributed by atoms with Crippen LogP contribution in [-0.4, -0.2) is 28.0 Å². The summed E-state index contributed by atoms with van der Waals surface area (Å²) in [6, 6.07) is 0.414. The summed E-state index contributed by atoms with van der Waals surface area (Å²) in [5, 5.41) is 13.3. The molecule has 1 heterocycles. The van der Waals surface area contributed by atoms with Gasteiger partial charge in [0.1, 0.15) is 0 Å². The first-order valence-electron chi connectivity index (χ1n) is 6.47. The van der Waals surface area contributed by atoms with Crippen molar-refractivity contribution in [3.05, 3.63) is 11.3 Å². The van der Waals surface area contributed by atoms with Crippen LogP contribution in [0.25, 0.3) is 0 Å². The maximum absolute atomic E-state index is 10.7. The van der Waals surface area contributed by atoms with Crippen LogP contribution >= 0.6 is 0 Å². The molecular formula is C13H20N2O3. The Bertz CT molecular complexity index is 434. The van der Waals surface area contributed by atoms with Gasteiger partial charge in [-0.3, -0.25) is 4.79 Å². The lowest BCUT2D eigenvalue weighted by molar-refractivity contribution is -0.136. The molecule has 1 aliphatic rings. The molecule has 1 fully saturated rings. The van der Waals surface area contributed by atoms with Gasteiger partial charge in [-0.05, 0) is 26.2 Å². The van der Waals surface area contributed by atoms with Gasteiger partial charge in [0.25, 0.3) is 0 Å². The monoisotopic (exact) mass is 252 g/mol. The minimum absolute atomic E-state index is 0.119. The first-order valence-corrected chi connectivity index (χ1v) is 6.47. The molecule has 1 aromatic rings. The Morgan fingerprint density at radius 2 is 2.17 bits per heavy atom. The standard InChI is InChI=1S/C13H20N2O3/c1-9-11(7-8-12(16)17)13(18-2)15(14-9)10-5-3-4-6-10/h10H,3-8H2,1-2H3,(H,16,17). The van der Waals surface area contributed by atoms with Gasteiger partial charge in [-0.25, -0.2) is 4.68 Å². The van der Waals surface area contributed by atoms with Crippen molar-refractivity contribution in [3.8, 4) is 5.88 Å². The van der Waals surface area contributed by atoms with Crippen LogP contribution in [0.15, 0.2) is 0 Å². The number of aromatic nitrogens is 2. The van der Waals surface area contributed by atoms with Crippen LogP contribution in [0, 0.1) is 6.92 Å². The molecule has 1 saturated carbocycles. The van der Waals surface area contributed by atoms with E-state index in [9.17, 15) is 4.79 Å². The number of nitrogens with zero attached hydrogens (tertiary/aromatic N) is 2. The van der Waals surface area contributed by atoms with E-state index in [2.05, 4.69) is 5.10 Å². The third-order valence-corrected chi connectivity index (χ3v) is 3.61. The SMILES string of the molecule is COc1c(CCC(=O)O)c(C)nn1C1CCCC1. The minimum atomic E-state index is -0.787. The molecular weight excluding hydrogens is 232 g/mol. The van der Waals surface area contributed by atoms with E-state index in [1.165, 1.54) is 12.8 Å². The van der Waals surface area contributed by atoms with Crippen LogP contribution in [0.2, 0.25) is 0 Å². The van der Waals surface area contributed by atoms with E-state index in [0.29, 0.717) is 12.5 Å². The number of carbonyl (C=O) groups is 1. The number of aryl methyl sites for hydroxylation is 1. The van der Waals surface area contributed by atoms with Gasteiger partial charge in [0, 0.05) is 12.0 Å². The average Bonchev–Trinajstić information content (AvgIpc) is 2.93. The van der Waals surface area contributed by atoms with E-state index in [1.54, 1.807) is 7.11 Å². The summed E-state index contributed by atoms with van der Waals surface area (Å²) in [5.41, 5.74) is 1.83. The fraction of sp³-hybridized carbons (Fsp3) is 0.692. The highest BCUT2D eigenvalue weighted by Crippen LogP contribution is 2.35. The van der Waals surface area contributed by atoms with Crippen molar-refractivity contribution in [3.63, 3.8) is 0 Å². The third kappa shape index (κ3) is 2.49. The summed E-state index contributed by atoms with van der Waals surface area (Å²) in [4.78, 5) is 10.7. The molecule has 0 amide bonds. The molecule has 1 aromatic heterocycles. The summed E-state index contributed by atoms with van der Waals surface area (Å²) in [6.07, 6.45) is 5.34. The van der Waals surface area contributed by atoms with Crippen LogP contribution in [-0.2, 0) is 11.2 Å². The maximum atomic E-state index is 10.7. The molecule has 0 bridgehead atoms. The van der Waals surface area contributed by atoms with Crippen molar-refractivity contribution >= 4 is 5.97 Å². The van der Waals surface area contributed by atoms with Crippen molar-refractivity contribution in [1.29, 1.82) is 0 Å². The smallest absolute Gasteiger partial charge is 0.303 e. The fourth-order valence-electron chi connectivity index (χ4n) is 2.69. The van der Waals surface area contributed by atoms with E-state index in [4.69, 9.17) is 9.84 Å². The lowest BCUT2D eigenvalue weighted by Crippen LogP contribution is -2.09. The van der Waals surface area contributed by atoms with Gasteiger partial charge in [0.05, 0.1) is 18.8 Å². The Morgan fingerprint density at radius 3 is 2.72 bits per heavy atom. The van der Waals surface area contributed by atoms with Gasteiger partial charge in [-0.1, -0.05) is 12.8 Å². The highest BCUT2D eigenvalue weighted by Gasteiger charge is 2.24. The Kier molecular flexibility index (Phi) is 3.89. The molecule has 5 nitrogen and oxygen atoms in total. The maximum Gasteiger partial charge on any atom is 0.303 e. The summed E-state index contributed by atoms with van der Waals surface area (Å²) in [6.45, 7) is 1.92. The zero-order valence-corrected chi connectivity index (χ0v) is 11.0. The molecule has 5 heteroatoms. The Hall–Kier alpha value is -1.52. The van der Waals surface area contributed by atoms with Gasteiger partial charge in [0.2, 0.25) is 5.88 Å². The summed E-state index contributed by atoms with van der Waals surface area (Å²) in [5.74, 6) is -0.0364. The largest absolute Gasteiger partial charge is 0.481 e. The van der Waals surface area contributed by atoms with Gasteiger partial charge < -0.3 is 9.84 Å². The molecule has 0 radical (unpaired) electrons. The average molecular weight is 252 g/mol. The second kappa shape index (κ2) is 5.42.